The molecule has 1 aliphatic heterocycles. The van der Waals surface area contributed by atoms with Crippen LogP contribution < -0.4 is 0 Å². The molecule has 0 aliphatic carbocycles. The number of rotatable bonds is 2. The van der Waals surface area contributed by atoms with Gasteiger partial charge in [-0.2, -0.15) is 0 Å². The predicted octanol–water partition coefficient (Wildman–Crippen LogP) is 2.60. The second kappa shape index (κ2) is 5.94. The number of likely N-dealkylation sites (tertiary alicyclic amines) is 1. The van der Waals surface area contributed by atoms with Gasteiger partial charge in [0.15, 0.2) is 0 Å². The fourth-order valence-electron chi connectivity index (χ4n) is 2.36. The van der Waals surface area contributed by atoms with Crippen LogP contribution in [0.2, 0.25) is 0 Å². The van der Waals surface area contributed by atoms with Crippen LogP contribution in [0.3, 0.4) is 0 Å². The largest absolute Gasteiger partial charge is 0.303 e. The molecule has 3 heteroatoms. The minimum absolute atomic E-state index is 0.459. The first kappa shape index (κ1) is 13.1. The monoisotopic (exact) mass is 221 g/mol. The van der Waals surface area contributed by atoms with Crippen molar-refractivity contribution in [3.8, 4) is 0 Å². The van der Waals surface area contributed by atoms with E-state index in [4.69, 9.17) is 0 Å². The van der Waals surface area contributed by atoms with Crippen LogP contribution in [-0.4, -0.2) is 36.6 Å². The second-order valence-corrected chi connectivity index (χ2v) is 4.53. The number of piperidine rings is 1. The standard InChI is InChI=1S/C13H23N3/c1-6-14-13(15-7-2)12-8-9-16(5)11(4)10(12)3/h6-7,10-12H,1,8-9H2,2-5H3. The Bertz CT molecular complexity index is 294. The number of hydrogen-bond donors (Lipinski definition) is 0. The molecule has 1 aliphatic rings. The first-order valence-corrected chi connectivity index (χ1v) is 5.99. The molecule has 3 nitrogen and oxygen atoms in total. The zero-order valence-electron chi connectivity index (χ0n) is 10.8. The molecule has 1 saturated heterocycles. The zero-order valence-corrected chi connectivity index (χ0v) is 10.8. The van der Waals surface area contributed by atoms with Crippen molar-refractivity contribution in [2.45, 2.75) is 33.2 Å². The van der Waals surface area contributed by atoms with Crippen LogP contribution in [0.1, 0.15) is 27.2 Å². The SMILES string of the molecule is C=CN=C(N=CC)C1CCN(C)C(C)C1C. The molecule has 0 N–H and O–H groups in total. The van der Waals surface area contributed by atoms with E-state index in [1.807, 2.05) is 13.1 Å². The minimum Gasteiger partial charge on any atom is -0.303 e. The molecule has 90 valence electrons. The average molecular weight is 221 g/mol. The highest BCUT2D eigenvalue weighted by Crippen LogP contribution is 2.29. The van der Waals surface area contributed by atoms with Gasteiger partial charge in [0, 0.05) is 24.4 Å². The summed E-state index contributed by atoms with van der Waals surface area (Å²) in [5.74, 6) is 1.98. The summed E-state index contributed by atoms with van der Waals surface area (Å²) in [6.07, 6.45) is 4.54. The van der Waals surface area contributed by atoms with E-state index in [-0.39, 0.29) is 0 Å². The molecule has 0 aromatic rings. The van der Waals surface area contributed by atoms with Gasteiger partial charge in [-0.1, -0.05) is 13.5 Å². The minimum atomic E-state index is 0.459. The van der Waals surface area contributed by atoms with Crippen molar-refractivity contribution in [2.75, 3.05) is 13.6 Å². The summed E-state index contributed by atoms with van der Waals surface area (Å²) in [6.45, 7) is 11.3. The van der Waals surface area contributed by atoms with Crippen molar-refractivity contribution >= 4 is 12.1 Å². The van der Waals surface area contributed by atoms with Gasteiger partial charge in [-0.25, -0.2) is 9.98 Å². The quantitative estimate of drug-likeness (QED) is 0.520. The van der Waals surface area contributed by atoms with Gasteiger partial charge in [-0.05, 0) is 39.8 Å². The molecular formula is C13H23N3. The normalized spacial score (nSPS) is 33.2. The maximum Gasteiger partial charge on any atom is 0.131 e. The molecule has 16 heavy (non-hydrogen) atoms. The molecule has 3 atom stereocenters. The van der Waals surface area contributed by atoms with Crippen molar-refractivity contribution in [1.29, 1.82) is 0 Å². The molecule has 0 aromatic carbocycles. The fourth-order valence-corrected chi connectivity index (χ4v) is 2.36. The zero-order chi connectivity index (χ0) is 12.1. The maximum atomic E-state index is 4.38. The topological polar surface area (TPSA) is 28.0 Å². The number of hydrogen-bond acceptors (Lipinski definition) is 2. The Morgan fingerprint density at radius 2 is 2.12 bits per heavy atom. The molecular weight excluding hydrogens is 198 g/mol. The van der Waals surface area contributed by atoms with E-state index < -0.39 is 0 Å². The number of aliphatic imine (C=N–C) groups is 2. The Balaban J connectivity index is 2.86. The molecule has 0 bridgehead atoms. The van der Waals surface area contributed by atoms with Gasteiger partial charge < -0.3 is 4.90 Å². The first-order valence-electron chi connectivity index (χ1n) is 5.99. The van der Waals surface area contributed by atoms with Gasteiger partial charge in [-0.15, -0.1) is 0 Å². The highest BCUT2D eigenvalue weighted by molar-refractivity contribution is 5.91. The van der Waals surface area contributed by atoms with E-state index in [2.05, 4.69) is 42.4 Å². The van der Waals surface area contributed by atoms with Crippen LogP contribution in [0.4, 0.5) is 0 Å². The predicted molar refractivity (Wildman–Crippen MR) is 71.2 cm³/mol. The first-order chi connectivity index (χ1) is 7.61. The second-order valence-electron chi connectivity index (χ2n) is 4.53. The van der Waals surface area contributed by atoms with Crippen molar-refractivity contribution in [2.24, 2.45) is 21.8 Å². The lowest BCUT2D eigenvalue weighted by Gasteiger charge is -2.40. The summed E-state index contributed by atoms with van der Waals surface area (Å²) in [6, 6.07) is 0.584. The summed E-state index contributed by atoms with van der Waals surface area (Å²) in [4.78, 5) is 11.1. The fraction of sp³-hybridized carbons (Fsp3) is 0.692. The highest BCUT2D eigenvalue weighted by atomic mass is 15.1. The van der Waals surface area contributed by atoms with Crippen molar-refractivity contribution < 1.29 is 0 Å². The molecule has 1 heterocycles. The van der Waals surface area contributed by atoms with Crippen LogP contribution in [0.25, 0.3) is 0 Å². The Morgan fingerprint density at radius 3 is 2.69 bits per heavy atom. The molecule has 0 saturated carbocycles. The van der Waals surface area contributed by atoms with Crippen LogP contribution in [0, 0.1) is 11.8 Å². The van der Waals surface area contributed by atoms with Crippen LogP contribution >= 0.6 is 0 Å². The van der Waals surface area contributed by atoms with Gasteiger partial charge >= 0.3 is 0 Å². The van der Waals surface area contributed by atoms with Crippen LogP contribution in [0.5, 0.6) is 0 Å². The average Bonchev–Trinajstić information content (AvgIpc) is 2.26. The molecule has 0 aromatic heterocycles. The van der Waals surface area contributed by atoms with Gasteiger partial charge in [0.2, 0.25) is 0 Å². The molecule has 0 spiro atoms. The summed E-state index contributed by atoms with van der Waals surface area (Å²) in [7, 11) is 2.19. The van der Waals surface area contributed by atoms with E-state index in [0.29, 0.717) is 17.9 Å². The van der Waals surface area contributed by atoms with E-state index in [1.54, 1.807) is 6.20 Å². The summed E-state index contributed by atoms with van der Waals surface area (Å²) in [5, 5.41) is 0. The van der Waals surface area contributed by atoms with Gasteiger partial charge in [0.05, 0.1) is 0 Å². The third-order valence-electron chi connectivity index (χ3n) is 3.70. The summed E-state index contributed by atoms with van der Waals surface area (Å²) < 4.78 is 0. The number of nitrogens with zero attached hydrogens (tertiary/aromatic N) is 3. The summed E-state index contributed by atoms with van der Waals surface area (Å²) >= 11 is 0. The highest BCUT2D eigenvalue weighted by Gasteiger charge is 2.33. The Morgan fingerprint density at radius 1 is 1.44 bits per heavy atom. The third kappa shape index (κ3) is 2.79. The van der Waals surface area contributed by atoms with Gasteiger partial charge in [0.1, 0.15) is 5.84 Å². The summed E-state index contributed by atoms with van der Waals surface area (Å²) in [5.41, 5.74) is 0. The lowest BCUT2D eigenvalue weighted by atomic mass is 9.81. The maximum absolute atomic E-state index is 4.38. The van der Waals surface area contributed by atoms with Crippen LogP contribution in [-0.2, 0) is 0 Å². The molecule has 0 amide bonds. The smallest absolute Gasteiger partial charge is 0.131 e. The van der Waals surface area contributed by atoms with E-state index in [0.717, 1.165) is 18.8 Å². The van der Waals surface area contributed by atoms with E-state index in [9.17, 15) is 0 Å². The van der Waals surface area contributed by atoms with Gasteiger partial charge in [-0.3, -0.25) is 0 Å². The molecule has 1 rings (SSSR count). The van der Waals surface area contributed by atoms with E-state index >= 15 is 0 Å². The lowest BCUT2D eigenvalue weighted by Crippen LogP contribution is -2.46. The van der Waals surface area contributed by atoms with Crippen molar-refractivity contribution in [3.05, 3.63) is 12.8 Å². The Hall–Kier alpha value is -0.960. The molecule has 1 fully saturated rings. The molecule has 0 radical (unpaired) electrons. The van der Waals surface area contributed by atoms with Crippen LogP contribution in [0.15, 0.2) is 22.8 Å². The Kier molecular flexibility index (Phi) is 4.87. The lowest BCUT2D eigenvalue weighted by molar-refractivity contribution is 0.119. The van der Waals surface area contributed by atoms with Crippen molar-refractivity contribution in [1.82, 2.24) is 4.90 Å². The third-order valence-corrected chi connectivity index (χ3v) is 3.70. The van der Waals surface area contributed by atoms with Gasteiger partial charge in [0.25, 0.3) is 0 Å². The van der Waals surface area contributed by atoms with E-state index in [1.165, 1.54) is 0 Å². The van der Waals surface area contributed by atoms with Crippen molar-refractivity contribution in [3.63, 3.8) is 0 Å². The Labute approximate surface area is 99.0 Å². The number of amidine groups is 1. The molecule has 3 unspecified atom stereocenters.